The molecular formula is C13H10ClN3O2. The number of rotatable bonds is 3. The van der Waals surface area contributed by atoms with E-state index >= 15 is 0 Å². The number of nitrogens with zero attached hydrogens (tertiary/aromatic N) is 1. The molecule has 1 aromatic heterocycles. The Morgan fingerprint density at radius 3 is 2.58 bits per heavy atom. The van der Waals surface area contributed by atoms with Crippen LogP contribution in [-0.2, 0) is 0 Å². The van der Waals surface area contributed by atoms with Gasteiger partial charge in [-0.3, -0.25) is 14.6 Å². The molecule has 0 unspecified atom stereocenters. The van der Waals surface area contributed by atoms with Crippen LogP contribution in [-0.4, -0.2) is 16.8 Å². The topological polar surface area (TPSA) is 85.1 Å². The monoisotopic (exact) mass is 275 g/mol. The first kappa shape index (κ1) is 13.0. The molecule has 0 atom stereocenters. The first-order valence-electron chi connectivity index (χ1n) is 5.39. The molecule has 0 aliphatic heterocycles. The maximum absolute atomic E-state index is 11.8. The Morgan fingerprint density at radius 1 is 1.21 bits per heavy atom. The van der Waals surface area contributed by atoms with Gasteiger partial charge in [-0.05, 0) is 30.3 Å². The van der Waals surface area contributed by atoms with Crippen LogP contribution >= 0.6 is 11.6 Å². The fourth-order valence-electron chi connectivity index (χ4n) is 1.48. The molecule has 0 radical (unpaired) electrons. The Kier molecular flexibility index (Phi) is 3.77. The quantitative estimate of drug-likeness (QED) is 0.899. The van der Waals surface area contributed by atoms with Crippen molar-refractivity contribution in [1.29, 1.82) is 0 Å². The van der Waals surface area contributed by atoms with Crippen molar-refractivity contribution in [2.45, 2.75) is 0 Å². The molecule has 5 nitrogen and oxygen atoms in total. The van der Waals surface area contributed by atoms with Gasteiger partial charge < -0.3 is 11.1 Å². The minimum Gasteiger partial charge on any atom is -0.366 e. The number of nitrogens with two attached hydrogens (primary N) is 1. The van der Waals surface area contributed by atoms with E-state index in [1.165, 1.54) is 18.3 Å². The maximum Gasteiger partial charge on any atom is 0.274 e. The van der Waals surface area contributed by atoms with Gasteiger partial charge in [-0.2, -0.15) is 0 Å². The highest BCUT2D eigenvalue weighted by Crippen LogP contribution is 2.20. The lowest BCUT2D eigenvalue weighted by molar-refractivity contribution is 0.0998. The largest absolute Gasteiger partial charge is 0.366 e. The number of hydrogen-bond donors (Lipinski definition) is 2. The van der Waals surface area contributed by atoms with E-state index in [1.807, 2.05) is 0 Å². The van der Waals surface area contributed by atoms with E-state index in [-0.39, 0.29) is 22.2 Å². The summed E-state index contributed by atoms with van der Waals surface area (Å²) in [6.07, 6.45) is 1.53. The van der Waals surface area contributed by atoms with Crippen LogP contribution < -0.4 is 11.1 Å². The molecule has 3 N–H and O–H groups in total. The number of nitrogens with one attached hydrogen (secondary N) is 1. The molecule has 2 aromatic rings. The van der Waals surface area contributed by atoms with Crippen molar-refractivity contribution in [3.63, 3.8) is 0 Å². The van der Waals surface area contributed by atoms with Crippen molar-refractivity contribution in [3.05, 3.63) is 58.9 Å². The van der Waals surface area contributed by atoms with Crippen LogP contribution in [0.2, 0.25) is 5.02 Å². The number of amides is 2. The SMILES string of the molecule is NC(=O)c1ccc(NC(=O)c2ccccn2)cc1Cl. The van der Waals surface area contributed by atoms with E-state index in [9.17, 15) is 9.59 Å². The van der Waals surface area contributed by atoms with Crippen molar-refractivity contribution < 1.29 is 9.59 Å². The first-order valence-corrected chi connectivity index (χ1v) is 5.77. The molecule has 96 valence electrons. The zero-order valence-electron chi connectivity index (χ0n) is 9.76. The van der Waals surface area contributed by atoms with Gasteiger partial charge in [0.15, 0.2) is 0 Å². The summed E-state index contributed by atoms with van der Waals surface area (Å²) in [6.45, 7) is 0. The zero-order valence-corrected chi connectivity index (χ0v) is 10.5. The number of pyridine rings is 1. The molecule has 2 rings (SSSR count). The van der Waals surface area contributed by atoms with Gasteiger partial charge in [0.05, 0.1) is 10.6 Å². The Bertz CT molecular complexity index is 629. The number of benzene rings is 1. The van der Waals surface area contributed by atoms with Gasteiger partial charge in [0, 0.05) is 11.9 Å². The third-order valence-electron chi connectivity index (χ3n) is 2.39. The van der Waals surface area contributed by atoms with Crippen LogP contribution in [0, 0.1) is 0 Å². The van der Waals surface area contributed by atoms with Gasteiger partial charge >= 0.3 is 0 Å². The molecule has 0 saturated carbocycles. The van der Waals surface area contributed by atoms with Gasteiger partial charge in [-0.25, -0.2) is 0 Å². The number of primary amides is 1. The summed E-state index contributed by atoms with van der Waals surface area (Å²) in [5.74, 6) is -0.976. The molecule has 6 heteroatoms. The molecule has 0 aliphatic rings. The molecule has 19 heavy (non-hydrogen) atoms. The van der Waals surface area contributed by atoms with Crippen molar-refractivity contribution >= 4 is 29.1 Å². The van der Waals surface area contributed by atoms with E-state index in [0.29, 0.717) is 5.69 Å². The first-order chi connectivity index (χ1) is 9.08. The highest BCUT2D eigenvalue weighted by atomic mass is 35.5. The van der Waals surface area contributed by atoms with Crippen molar-refractivity contribution in [2.24, 2.45) is 5.73 Å². The molecule has 0 saturated heterocycles. The Hall–Kier alpha value is -2.40. The van der Waals surface area contributed by atoms with Gasteiger partial charge in [0.25, 0.3) is 5.91 Å². The van der Waals surface area contributed by atoms with E-state index < -0.39 is 5.91 Å². The third-order valence-corrected chi connectivity index (χ3v) is 2.70. The Morgan fingerprint density at radius 2 is 2.00 bits per heavy atom. The normalized spacial score (nSPS) is 9.95. The lowest BCUT2D eigenvalue weighted by atomic mass is 10.2. The number of aromatic nitrogens is 1. The highest BCUT2D eigenvalue weighted by molar-refractivity contribution is 6.34. The van der Waals surface area contributed by atoms with Gasteiger partial charge in [-0.15, -0.1) is 0 Å². The minimum atomic E-state index is -0.618. The Labute approximate surface area is 114 Å². The fourth-order valence-corrected chi connectivity index (χ4v) is 1.76. The lowest BCUT2D eigenvalue weighted by Crippen LogP contribution is -2.14. The summed E-state index contributed by atoms with van der Waals surface area (Å²) >= 11 is 5.89. The van der Waals surface area contributed by atoms with E-state index in [1.54, 1.807) is 24.3 Å². The van der Waals surface area contributed by atoms with Crippen LogP contribution in [0.15, 0.2) is 42.6 Å². The summed E-state index contributed by atoms with van der Waals surface area (Å²) in [5, 5.41) is 2.81. The Balaban J connectivity index is 2.19. The second-order valence-corrected chi connectivity index (χ2v) is 4.14. The summed E-state index contributed by atoms with van der Waals surface area (Å²) < 4.78 is 0. The van der Waals surface area contributed by atoms with Crippen LogP contribution in [0.25, 0.3) is 0 Å². The molecular weight excluding hydrogens is 266 g/mol. The molecule has 0 bridgehead atoms. The molecule has 2 amide bonds. The fraction of sp³-hybridized carbons (Fsp3) is 0. The van der Waals surface area contributed by atoms with E-state index in [2.05, 4.69) is 10.3 Å². The number of hydrogen-bond acceptors (Lipinski definition) is 3. The predicted molar refractivity (Wildman–Crippen MR) is 72.2 cm³/mol. The van der Waals surface area contributed by atoms with Gasteiger partial charge in [0.2, 0.25) is 5.91 Å². The second-order valence-electron chi connectivity index (χ2n) is 3.73. The molecule has 0 fully saturated rings. The summed E-state index contributed by atoms with van der Waals surface area (Å²) in [4.78, 5) is 26.8. The lowest BCUT2D eigenvalue weighted by Gasteiger charge is -2.06. The summed E-state index contributed by atoms with van der Waals surface area (Å²) in [6, 6.07) is 9.49. The van der Waals surface area contributed by atoms with E-state index in [0.717, 1.165) is 0 Å². The summed E-state index contributed by atoms with van der Waals surface area (Å²) in [7, 11) is 0. The minimum absolute atomic E-state index is 0.186. The number of carbonyl (C=O) groups excluding carboxylic acids is 2. The molecule has 0 spiro atoms. The predicted octanol–water partition coefficient (Wildman–Crippen LogP) is 2.09. The van der Waals surface area contributed by atoms with Crippen molar-refractivity contribution in [2.75, 3.05) is 5.32 Å². The standard InChI is InChI=1S/C13H10ClN3O2/c14-10-7-8(4-5-9(10)12(15)18)17-13(19)11-3-1-2-6-16-11/h1-7H,(H2,15,18)(H,17,19). The smallest absolute Gasteiger partial charge is 0.274 e. The molecule has 0 aliphatic carbocycles. The average molecular weight is 276 g/mol. The van der Waals surface area contributed by atoms with E-state index in [4.69, 9.17) is 17.3 Å². The second kappa shape index (κ2) is 5.49. The van der Waals surface area contributed by atoms with Gasteiger partial charge in [0.1, 0.15) is 5.69 Å². The average Bonchev–Trinajstić information content (AvgIpc) is 2.39. The van der Waals surface area contributed by atoms with Gasteiger partial charge in [-0.1, -0.05) is 17.7 Å². The number of halogens is 1. The van der Waals surface area contributed by atoms with Crippen LogP contribution in [0.5, 0.6) is 0 Å². The van der Waals surface area contributed by atoms with Crippen LogP contribution in [0.3, 0.4) is 0 Å². The number of anilines is 1. The third kappa shape index (κ3) is 3.08. The molecule has 1 heterocycles. The van der Waals surface area contributed by atoms with Crippen LogP contribution in [0.1, 0.15) is 20.8 Å². The highest BCUT2D eigenvalue weighted by Gasteiger charge is 2.10. The van der Waals surface area contributed by atoms with Crippen molar-refractivity contribution in [3.8, 4) is 0 Å². The zero-order chi connectivity index (χ0) is 13.8. The maximum atomic E-state index is 11.8. The molecule has 1 aromatic carbocycles. The number of carbonyl (C=O) groups is 2. The van der Waals surface area contributed by atoms with Crippen LogP contribution in [0.4, 0.5) is 5.69 Å². The van der Waals surface area contributed by atoms with Crippen molar-refractivity contribution in [1.82, 2.24) is 4.98 Å². The summed E-state index contributed by atoms with van der Waals surface area (Å²) in [5.41, 5.74) is 6.10.